The van der Waals surface area contributed by atoms with E-state index in [1.54, 1.807) is 11.1 Å². The maximum atomic E-state index is 14.6. The van der Waals surface area contributed by atoms with Crippen molar-refractivity contribution in [3.8, 4) is 11.5 Å². The lowest BCUT2D eigenvalue weighted by Crippen LogP contribution is -2.41. The minimum Gasteiger partial charge on any atom is -0.444 e. The van der Waals surface area contributed by atoms with Crippen molar-refractivity contribution < 1.29 is 27.1 Å². The number of alkyl halides is 2. The van der Waals surface area contributed by atoms with Crippen LogP contribution in [0.15, 0.2) is 28.8 Å². The molecule has 3 heterocycles. The lowest BCUT2D eigenvalue weighted by Gasteiger charge is -2.32. The van der Waals surface area contributed by atoms with Gasteiger partial charge in [0.2, 0.25) is 5.89 Å². The first-order chi connectivity index (χ1) is 16.1. The number of carbonyl (C=O) groups is 1. The van der Waals surface area contributed by atoms with Gasteiger partial charge in [-0.15, -0.1) is 15.3 Å². The summed E-state index contributed by atoms with van der Waals surface area (Å²) in [6, 6.07) is 4.19. The molecule has 0 radical (unpaired) electrons. The van der Waals surface area contributed by atoms with Crippen LogP contribution in [0.5, 0.6) is 0 Å². The second kappa shape index (κ2) is 9.43. The van der Waals surface area contributed by atoms with E-state index >= 15 is 0 Å². The number of rotatable bonds is 5. The molecule has 1 amide bonds. The first kappa shape index (κ1) is 23.7. The van der Waals surface area contributed by atoms with Crippen LogP contribution in [0.4, 0.5) is 18.0 Å². The minimum absolute atomic E-state index is 0.140. The average Bonchev–Trinajstić information content (AvgIpc) is 3.44. The van der Waals surface area contributed by atoms with Gasteiger partial charge in [-0.25, -0.2) is 13.9 Å². The molecular formula is C22H25F3N6O3. The Hall–Kier alpha value is -3.44. The standard InChI is InChI=1S/C22H25F3N6O3/c1-22(2,3)34-21(32)30-8-6-13(7-9-30)17-12-31(29-26-17)11-15-5-4-14(10-16(15)23)19-27-28-20(33-19)18(24)25/h4-5,10,12-13,18H,6-9,11H2,1-3H3. The van der Waals surface area contributed by atoms with E-state index in [1.165, 1.54) is 16.8 Å². The van der Waals surface area contributed by atoms with Crippen molar-refractivity contribution in [1.82, 2.24) is 30.1 Å². The van der Waals surface area contributed by atoms with E-state index in [4.69, 9.17) is 9.15 Å². The van der Waals surface area contributed by atoms with Crippen LogP contribution in [-0.4, -0.2) is 54.9 Å². The van der Waals surface area contributed by atoms with Crippen LogP contribution in [0.25, 0.3) is 11.5 Å². The quantitative estimate of drug-likeness (QED) is 0.530. The molecule has 0 unspecified atom stereocenters. The fourth-order valence-electron chi connectivity index (χ4n) is 3.68. The van der Waals surface area contributed by atoms with Crippen LogP contribution >= 0.6 is 0 Å². The zero-order valence-electron chi connectivity index (χ0n) is 19.0. The lowest BCUT2D eigenvalue weighted by atomic mass is 9.94. The summed E-state index contributed by atoms with van der Waals surface area (Å²) in [5.41, 5.74) is 0.793. The third-order valence-electron chi connectivity index (χ3n) is 5.38. The minimum atomic E-state index is -2.89. The molecule has 0 bridgehead atoms. The molecule has 1 aromatic carbocycles. The number of halogens is 3. The Labute approximate surface area is 193 Å². The van der Waals surface area contributed by atoms with Crippen LogP contribution in [0.2, 0.25) is 0 Å². The van der Waals surface area contributed by atoms with Gasteiger partial charge in [0.25, 0.3) is 5.89 Å². The van der Waals surface area contributed by atoms with E-state index in [0.29, 0.717) is 18.7 Å². The molecular weight excluding hydrogens is 453 g/mol. The monoisotopic (exact) mass is 478 g/mol. The van der Waals surface area contributed by atoms with Crippen molar-refractivity contribution in [1.29, 1.82) is 0 Å². The number of nitrogens with zero attached hydrogens (tertiary/aromatic N) is 6. The number of benzene rings is 1. The third kappa shape index (κ3) is 5.54. The lowest BCUT2D eigenvalue weighted by molar-refractivity contribution is 0.0204. The van der Waals surface area contributed by atoms with Gasteiger partial charge in [0.1, 0.15) is 11.4 Å². The molecule has 1 saturated heterocycles. The summed E-state index contributed by atoms with van der Waals surface area (Å²) in [4.78, 5) is 13.9. The summed E-state index contributed by atoms with van der Waals surface area (Å²) >= 11 is 0. The topological polar surface area (TPSA) is 99.2 Å². The van der Waals surface area contributed by atoms with Crippen molar-refractivity contribution in [3.63, 3.8) is 0 Å². The Kier molecular flexibility index (Phi) is 6.58. The van der Waals surface area contributed by atoms with Crippen molar-refractivity contribution >= 4 is 6.09 Å². The van der Waals surface area contributed by atoms with Gasteiger partial charge in [0.05, 0.1) is 12.2 Å². The summed E-state index contributed by atoms with van der Waals surface area (Å²) in [5.74, 6) is -1.41. The molecule has 4 rings (SSSR count). The predicted molar refractivity (Wildman–Crippen MR) is 114 cm³/mol. The van der Waals surface area contributed by atoms with Gasteiger partial charge in [-0.2, -0.15) is 8.78 Å². The number of hydrogen-bond acceptors (Lipinski definition) is 7. The second-order valence-corrected chi connectivity index (χ2v) is 9.13. The van der Waals surface area contributed by atoms with E-state index in [1.807, 2.05) is 20.8 Å². The van der Waals surface area contributed by atoms with Gasteiger partial charge in [-0.1, -0.05) is 11.3 Å². The third-order valence-corrected chi connectivity index (χ3v) is 5.38. The maximum absolute atomic E-state index is 14.6. The molecule has 1 aliphatic heterocycles. The summed E-state index contributed by atoms with van der Waals surface area (Å²) in [6.07, 6.45) is 0.0157. The zero-order valence-corrected chi connectivity index (χ0v) is 19.0. The fraction of sp³-hybridized carbons (Fsp3) is 0.500. The second-order valence-electron chi connectivity index (χ2n) is 9.13. The van der Waals surface area contributed by atoms with Gasteiger partial charge < -0.3 is 14.1 Å². The molecule has 34 heavy (non-hydrogen) atoms. The Morgan fingerprint density at radius 1 is 1.21 bits per heavy atom. The number of amides is 1. The van der Waals surface area contributed by atoms with Crippen molar-refractivity contribution in [2.45, 2.75) is 58.1 Å². The van der Waals surface area contributed by atoms with E-state index in [9.17, 15) is 18.0 Å². The molecule has 3 aromatic rings. The number of likely N-dealkylation sites (tertiary alicyclic amines) is 1. The highest BCUT2D eigenvalue weighted by atomic mass is 19.3. The Morgan fingerprint density at radius 2 is 1.94 bits per heavy atom. The van der Waals surface area contributed by atoms with Crippen LogP contribution in [-0.2, 0) is 11.3 Å². The smallest absolute Gasteiger partial charge is 0.410 e. The highest BCUT2D eigenvalue weighted by Gasteiger charge is 2.28. The normalized spacial score (nSPS) is 15.2. The summed E-state index contributed by atoms with van der Waals surface area (Å²) < 4.78 is 51.7. The maximum Gasteiger partial charge on any atom is 0.410 e. The van der Waals surface area contributed by atoms with E-state index in [2.05, 4.69) is 20.5 Å². The van der Waals surface area contributed by atoms with E-state index < -0.39 is 23.7 Å². The number of piperidine rings is 1. The van der Waals surface area contributed by atoms with Gasteiger partial charge in [-0.05, 0) is 45.7 Å². The Morgan fingerprint density at radius 3 is 2.56 bits per heavy atom. The molecule has 0 saturated carbocycles. The molecule has 0 atom stereocenters. The molecule has 1 aliphatic rings. The molecule has 0 spiro atoms. The average molecular weight is 478 g/mol. The van der Waals surface area contributed by atoms with E-state index in [0.717, 1.165) is 24.6 Å². The zero-order chi connectivity index (χ0) is 24.5. The Balaban J connectivity index is 1.36. The van der Waals surface area contributed by atoms with Crippen LogP contribution in [0.1, 0.15) is 63.1 Å². The molecule has 12 heteroatoms. The number of ether oxygens (including phenoxy) is 1. The van der Waals surface area contributed by atoms with E-state index in [-0.39, 0.29) is 30.0 Å². The number of aromatic nitrogens is 5. The summed E-state index contributed by atoms with van der Waals surface area (Å²) in [6.45, 7) is 6.76. The van der Waals surface area contributed by atoms with Gasteiger partial charge in [0.15, 0.2) is 0 Å². The molecule has 182 valence electrons. The van der Waals surface area contributed by atoms with Crippen molar-refractivity contribution in [3.05, 3.63) is 47.4 Å². The first-order valence-electron chi connectivity index (χ1n) is 10.9. The predicted octanol–water partition coefficient (Wildman–Crippen LogP) is 4.57. The van der Waals surface area contributed by atoms with Gasteiger partial charge >= 0.3 is 12.5 Å². The molecule has 9 nitrogen and oxygen atoms in total. The Bertz CT molecular complexity index is 1150. The molecule has 1 fully saturated rings. The van der Waals surface area contributed by atoms with Gasteiger partial charge in [-0.3, -0.25) is 0 Å². The SMILES string of the molecule is CC(C)(C)OC(=O)N1CCC(c2cn(Cc3ccc(-c4nnc(C(F)F)o4)cc3F)nn2)CC1. The summed E-state index contributed by atoms with van der Waals surface area (Å²) in [7, 11) is 0. The van der Waals surface area contributed by atoms with Gasteiger partial charge in [0, 0.05) is 36.3 Å². The highest BCUT2D eigenvalue weighted by Crippen LogP contribution is 2.28. The van der Waals surface area contributed by atoms with Crippen LogP contribution in [0, 0.1) is 5.82 Å². The molecule has 0 N–H and O–H groups in total. The fourth-order valence-corrected chi connectivity index (χ4v) is 3.68. The van der Waals surface area contributed by atoms with Crippen molar-refractivity contribution in [2.75, 3.05) is 13.1 Å². The largest absolute Gasteiger partial charge is 0.444 e. The first-order valence-corrected chi connectivity index (χ1v) is 10.9. The van der Waals surface area contributed by atoms with Crippen LogP contribution in [0.3, 0.4) is 0 Å². The molecule has 0 aliphatic carbocycles. The number of hydrogen-bond donors (Lipinski definition) is 0. The summed E-state index contributed by atoms with van der Waals surface area (Å²) in [5, 5.41) is 15.1. The molecule has 2 aromatic heterocycles. The van der Waals surface area contributed by atoms with Crippen molar-refractivity contribution in [2.24, 2.45) is 0 Å². The number of carbonyl (C=O) groups excluding carboxylic acids is 1. The highest BCUT2D eigenvalue weighted by molar-refractivity contribution is 5.68. The van der Waals surface area contributed by atoms with Crippen LogP contribution < -0.4 is 0 Å².